The van der Waals surface area contributed by atoms with E-state index in [2.05, 4.69) is 30.9 Å². The Kier molecular flexibility index (Phi) is 2.91. The van der Waals surface area contributed by atoms with Crippen LogP contribution in [0.3, 0.4) is 0 Å². The predicted octanol–water partition coefficient (Wildman–Crippen LogP) is 1.84. The smallest absolute Gasteiger partial charge is 0.278 e. The van der Waals surface area contributed by atoms with E-state index in [0.717, 1.165) is 23.9 Å². The third-order valence-electron chi connectivity index (χ3n) is 2.36. The van der Waals surface area contributed by atoms with Crippen LogP contribution in [0.1, 0.15) is 32.2 Å². The first-order chi connectivity index (χ1) is 7.85. The molecule has 2 aromatic rings. The molecular weight excluding hydrogens is 238 g/mol. The molecule has 0 radical (unpaired) electrons. The van der Waals surface area contributed by atoms with E-state index in [1.54, 1.807) is 0 Å². The molecule has 2 heterocycles. The highest BCUT2D eigenvalue weighted by Crippen LogP contribution is 2.23. The maximum Gasteiger partial charge on any atom is 0.278 e. The standard InChI is InChI=1S/C11H15N3O2S/c1-11(2,3)5-4-8-13-14-9(16)6-7(15)12-10(14)17-8/h6,15H,4-5H2,1-3H3. The molecule has 1 N–H and O–H groups in total. The molecule has 0 fully saturated rings. The van der Waals surface area contributed by atoms with Crippen LogP contribution in [-0.4, -0.2) is 19.7 Å². The van der Waals surface area contributed by atoms with Gasteiger partial charge in [0.05, 0.1) is 6.07 Å². The van der Waals surface area contributed by atoms with Crippen molar-refractivity contribution in [3.63, 3.8) is 0 Å². The number of fused-ring (bicyclic) bond motifs is 1. The van der Waals surface area contributed by atoms with E-state index in [-0.39, 0.29) is 16.9 Å². The van der Waals surface area contributed by atoms with Crippen LogP contribution in [0, 0.1) is 5.41 Å². The minimum atomic E-state index is -0.342. The molecule has 6 heteroatoms. The highest BCUT2D eigenvalue weighted by molar-refractivity contribution is 7.16. The highest BCUT2D eigenvalue weighted by Gasteiger charge is 2.13. The molecule has 0 bridgehead atoms. The van der Waals surface area contributed by atoms with Crippen LogP contribution < -0.4 is 5.56 Å². The minimum Gasteiger partial charge on any atom is -0.493 e. The number of hydrogen-bond acceptors (Lipinski definition) is 5. The number of nitrogens with zero attached hydrogens (tertiary/aromatic N) is 3. The van der Waals surface area contributed by atoms with E-state index in [9.17, 15) is 9.90 Å². The fourth-order valence-electron chi connectivity index (χ4n) is 1.42. The molecule has 2 aromatic heterocycles. The molecule has 0 unspecified atom stereocenters. The van der Waals surface area contributed by atoms with E-state index in [1.807, 2.05) is 0 Å². The van der Waals surface area contributed by atoms with Gasteiger partial charge in [0.25, 0.3) is 5.56 Å². The Morgan fingerprint density at radius 1 is 1.47 bits per heavy atom. The maximum absolute atomic E-state index is 11.5. The van der Waals surface area contributed by atoms with Gasteiger partial charge in [0.15, 0.2) is 0 Å². The molecule has 0 saturated carbocycles. The van der Waals surface area contributed by atoms with E-state index < -0.39 is 0 Å². The lowest BCUT2D eigenvalue weighted by molar-refractivity contribution is 0.377. The van der Waals surface area contributed by atoms with Crippen LogP contribution in [0.25, 0.3) is 4.96 Å². The summed E-state index contributed by atoms with van der Waals surface area (Å²) in [6.07, 6.45) is 1.81. The van der Waals surface area contributed by atoms with Crippen LogP contribution in [-0.2, 0) is 6.42 Å². The van der Waals surface area contributed by atoms with Gasteiger partial charge in [-0.2, -0.15) is 14.6 Å². The zero-order valence-electron chi connectivity index (χ0n) is 10.1. The lowest BCUT2D eigenvalue weighted by Crippen LogP contribution is -2.13. The van der Waals surface area contributed by atoms with Crippen molar-refractivity contribution in [1.82, 2.24) is 14.6 Å². The SMILES string of the molecule is CC(C)(C)CCc1nn2c(=O)cc(O)nc2s1. The summed E-state index contributed by atoms with van der Waals surface area (Å²) in [5.74, 6) is -0.249. The summed E-state index contributed by atoms with van der Waals surface area (Å²) in [4.78, 5) is 15.8. The van der Waals surface area contributed by atoms with E-state index >= 15 is 0 Å². The van der Waals surface area contributed by atoms with Crippen LogP contribution in [0.15, 0.2) is 10.9 Å². The molecule has 0 aliphatic rings. The Bertz CT molecular complexity index is 595. The zero-order chi connectivity index (χ0) is 12.6. The summed E-state index contributed by atoms with van der Waals surface area (Å²) in [6.45, 7) is 6.49. The largest absolute Gasteiger partial charge is 0.493 e. The third-order valence-corrected chi connectivity index (χ3v) is 3.33. The number of rotatable bonds is 2. The summed E-state index contributed by atoms with van der Waals surface area (Å²) in [6, 6.07) is 1.07. The van der Waals surface area contributed by atoms with Crippen molar-refractivity contribution in [2.75, 3.05) is 0 Å². The lowest BCUT2D eigenvalue weighted by Gasteiger charge is -2.16. The van der Waals surface area contributed by atoms with Crippen molar-refractivity contribution in [3.8, 4) is 5.88 Å². The van der Waals surface area contributed by atoms with E-state index in [4.69, 9.17) is 0 Å². The summed E-state index contributed by atoms with van der Waals surface area (Å²) in [5, 5.41) is 14.3. The Hall–Kier alpha value is -1.43. The fourth-order valence-corrected chi connectivity index (χ4v) is 2.32. The second-order valence-corrected chi connectivity index (χ2v) is 6.24. The van der Waals surface area contributed by atoms with Gasteiger partial charge in [-0.15, -0.1) is 0 Å². The molecule has 0 amide bonds. The van der Waals surface area contributed by atoms with Gasteiger partial charge in [-0.25, -0.2) is 0 Å². The lowest BCUT2D eigenvalue weighted by atomic mass is 9.91. The van der Waals surface area contributed by atoms with Crippen molar-refractivity contribution < 1.29 is 5.11 Å². The Morgan fingerprint density at radius 3 is 2.82 bits per heavy atom. The Labute approximate surface area is 103 Å². The number of aryl methyl sites for hydroxylation is 1. The maximum atomic E-state index is 11.5. The Balaban J connectivity index is 2.32. The van der Waals surface area contributed by atoms with Gasteiger partial charge in [-0.3, -0.25) is 4.79 Å². The monoisotopic (exact) mass is 253 g/mol. The molecule has 0 aromatic carbocycles. The zero-order valence-corrected chi connectivity index (χ0v) is 10.9. The molecule has 17 heavy (non-hydrogen) atoms. The summed E-state index contributed by atoms with van der Waals surface area (Å²) in [5.41, 5.74) is -0.107. The van der Waals surface area contributed by atoms with Crippen molar-refractivity contribution in [2.24, 2.45) is 5.41 Å². The first kappa shape index (κ1) is 12.0. The summed E-state index contributed by atoms with van der Waals surface area (Å²) in [7, 11) is 0. The summed E-state index contributed by atoms with van der Waals surface area (Å²) < 4.78 is 1.24. The minimum absolute atomic E-state index is 0.235. The topological polar surface area (TPSA) is 67.5 Å². The van der Waals surface area contributed by atoms with Gasteiger partial charge in [0, 0.05) is 6.42 Å². The van der Waals surface area contributed by atoms with E-state index in [1.165, 1.54) is 15.9 Å². The molecule has 92 valence electrons. The molecule has 2 rings (SSSR count). The van der Waals surface area contributed by atoms with Crippen molar-refractivity contribution in [3.05, 3.63) is 21.4 Å². The van der Waals surface area contributed by atoms with Crippen molar-refractivity contribution in [2.45, 2.75) is 33.6 Å². The average molecular weight is 253 g/mol. The summed E-state index contributed by atoms with van der Waals surface area (Å²) >= 11 is 1.35. The second kappa shape index (κ2) is 4.10. The van der Waals surface area contributed by atoms with Crippen LogP contribution in [0.5, 0.6) is 5.88 Å². The van der Waals surface area contributed by atoms with Crippen LogP contribution in [0.4, 0.5) is 0 Å². The van der Waals surface area contributed by atoms with Gasteiger partial charge in [-0.1, -0.05) is 32.1 Å². The van der Waals surface area contributed by atoms with Gasteiger partial charge in [0.2, 0.25) is 10.8 Å². The average Bonchev–Trinajstić information content (AvgIpc) is 2.56. The molecule has 0 atom stereocenters. The van der Waals surface area contributed by atoms with E-state index in [0.29, 0.717) is 4.96 Å². The van der Waals surface area contributed by atoms with Crippen LogP contribution in [0.2, 0.25) is 0 Å². The van der Waals surface area contributed by atoms with Crippen molar-refractivity contribution >= 4 is 16.3 Å². The van der Waals surface area contributed by atoms with Gasteiger partial charge in [0.1, 0.15) is 5.01 Å². The van der Waals surface area contributed by atoms with Gasteiger partial charge < -0.3 is 5.11 Å². The molecular formula is C11H15N3O2S. The quantitative estimate of drug-likeness (QED) is 0.886. The molecule has 5 nitrogen and oxygen atoms in total. The molecule has 0 saturated heterocycles. The number of hydrogen-bond donors (Lipinski definition) is 1. The molecule has 0 aliphatic heterocycles. The van der Waals surface area contributed by atoms with Crippen molar-refractivity contribution in [1.29, 1.82) is 0 Å². The first-order valence-electron chi connectivity index (χ1n) is 5.44. The third kappa shape index (κ3) is 2.82. The Morgan fingerprint density at radius 2 is 2.18 bits per heavy atom. The van der Waals surface area contributed by atoms with Gasteiger partial charge in [-0.05, 0) is 11.8 Å². The van der Waals surface area contributed by atoms with Crippen LogP contribution >= 0.6 is 11.3 Å². The first-order valence-corrected chi connectivity index (χ1v) is 6.25. The normalized spacial score (nSPS) is 12.2. The molecule has 0 aliphatic carbocycles. The van der Waals surface area contributed by atoms with Gasteiger partial charge >= 0.3 is 0 Å². The highest BCUT2D eigenvalue weighted by atomic mass is 32.1. The second-order valence-electron chi connectivity index (χ2n) is 5.20. The fraction of sp³-hybridized carbons (Fsp3) is 0.545. The number of aromatic hydroxyl groups is 1. The number of aromatic nitrogens is 3. The molecule has 0 spiro atoms. The predicted molar refractivity (Wildman–Crippen MR) is 66.6 cm³/mol.